The van der Waals surface area contributed by atoms with E-state index in [2.05, 4.69) is 5.32 Å². The molecule has 2 amide bonds. The molecule has 42 heavy (non-hydrogen) atoms. The number of rotatable bonds is 9. The number of benzene rings is 4. The molecule has 9 heteroatoms. The number of hydrogen-bond acceptors (Lipinski definition) is 6. The van der Waals surface area contributed by atoms with Crippen LogP contribution in [0.15, 0.2) is 91.0 Å². The fourth-order valence-corrected chi connectivity index (χ4v) is 4.19. The Labute approximate surface area is 242 Å². The number of nitrogens with zero attached hydrogens (tertiary/aromatic N) is 1. The normalized spacial score (nSPS) is 10.6. The van der Waals surface area contributed by atoms with Crippen molar-refractivity contribution in [2.45, 2.75) is 6.92 Å². The summed E-state index contributed by atoms with van der Waals surface area (Å²) in [7, 11) is 2.88. The zero-order valence-electron chi connectivity index (χ0n) is 23.2. The van der Waals surface area contributed by atoms with Crippen LogP contribution in [-0.4, -0.2) is 43.1 Å². The highest BCUT2D eigenvalue weighted by Gasteiger charge is 2.18. The number of carboxylic acid groups (broad SMARTS) is 1. The maximum Gasteiger partial charge on any atom is 0.337 e. The van der Waals surface area contributed by atoms with E-state index in [4.69, 9.17) is 9.47 Å². The summed E-state index contributed by atoms with van der Waals surface area (Å²) >= 11 is 0. The van der Waals surface area contributed by atoms with Crippen LogP contribution < -0.4 is 15.0 Å². The molecule has 0 atom stereocenters. The number of carbonyl (C=O) groups excluding carboxylic acids is 3. The second-order valence-electron chi connectivity index (χ2n) is 9.11. The van der Waals surface area contributed by atoms with Crippen molar-refractivity contribution in [3.63, 3.8) is 0 Å². The van der Waals surface area contributed by atoms with Gasteiger partial charge in [0.25, 0.3) is 5.91 Å². The Morgan fingerprint density at radius 2 is 1.29 bits per heavy atom. The molecular formula is C33H28N2O7. The number of amides is 2. The topological polar surface area (TPSA) is 122 Å². The van der Waals surface area contributed by atoms with Gasteiger partial charge >= 0.3 is 11.9 Å². The van der Waals surface area contributed by atoms with E-state index in [-0.39, 0.29) is 22.7 Å². The first-order chi connectivity index (χ1) is 20.2. The molecule has 9 nitrogen and oxygen atoms in total. The molecule has 4 aromatic carbocycles. The van der Waals surface area contributed by atoms with Crippen molar-refractivity contribution in [2.75, 3.05) is 24.4 Å². The number of methoxy groups -OCH3 is 2. The molecule has 0 aromatic heterocycles. The standard InChI is InChI=1S/C33H28N2O7/c1-21(36)35(27-15-11-25(12-16-27)33(40)42-3)26-13-9-24(10-14-26)31(37)34-30-19-8-23(20-29(30)32(38)39)5-4-22-6-17-28(41-2)18-7-22/h4-20H,1-3H3,(H,34,37)(H,38,39). The van der Waals surface area contributed by atoms with Gasteiger partial charge in [0.15, 0.2) is 0 Å². The summed E-state index contributed by atoms with van der Waals surface area (Å²) < 4.78 is 9.87. The third kappa shape index (κ3) is 6.89. The van der Waals surface area contributed by atoms with Crippen molar-refractivity contribution in [2.24, 2.45) is 0 Å². The van der Waals surface area contributed by atoms with E-state index >= 15 is 0 Å². The Hall–Kier alpha value is -5.70. The van der Waals surface area contributed by atoms with Gasteiger partial charge in [0.05, 0.1) is 31.0 Å². The highest BCUT2D eigenvalue weighted by Crippen LogP contribution is 2.27. The monoisotopic (exact) mass is 564 g/mol. The number of carbonyl (C=O) groups is 4. The molecule has 0 aliphatic carbocycles. The molecule has 0 saturated carbocycles. The molecule has 4 rings (SSSR count). The number of anilines is 3. The van der Waals surface area contributed by atoms with Crippen LogP contribution in [0, 0.1) is 0 Å². The minimum absolute atomic E-state index is 0.0602. The Balaban J connectivity index is 1.50. The Morgan fingerprint density at radius 3 is 1.81 bits per heavy atom. The average Bonchev–Trinajstić information content (AvgIpc) is 3.00. The molecule has 212 valence electrons. The lowest BCUT2D eigenvalue weighted by atomic mass is 10.1. The van der Waals surface area contributed by atoms with Crippen molar-refractivity contribution < 1.29 is 33.8 Å². The van der Waals surface area contributed by atoms with Crippen LogP contribution in [0.5, 0.6) is 5.75 Å². The second kappa shape index (κ2) is 13.1. The molecule has 0 aliphatic heterocycles. The summed E-state index contributed by atoms with van der Waals surface area (Å²) in [5, 5.41) is 12.4. The van der Waals surface area contributed by atoms with Crippen LogP contribution in [-0.2, 0) is 9.53 Å². The van der Waals surface area contributed by atoms with Crippen LogP contribution in [0.2, 0.25) is 0 Å². The zero-order valence-corrected chi connectivity index (χ0v) is 23.2. The quantitative estimate of drug-likeness (QED) is 0.181. The van der Waals surface area contributed by atoms with Crippen LogP contribution in [0.25, 0.3) is 12.2 Å². The van der Waals surface area contributed by atoms with Gasteiger partial charge in [-0.25, -0.2) is 9.59 Å². The first kappa shape index (κ1) is 29.3. The largest absolute Gasteiger partial charge is 0.497 e. The van der Waals surface area contributed by atoms with Gasteiger partial charge in [0, 0.05) is 23.9 Å². The number of ether oxygens (including phenoxy) is 2. The fourth-order valence-electron chi connectivity index (χ4n) is 4.19. The highest BCUT2D eigenvalue weighted by atomic mass is 16.5. The van der Waals surface area contributed by atoms with Crippen molar-refractivity contribution in [1.82, 2.24) is 0 Å². The first-order valence-corrected chi connectivity index (χ1v) is 12.8. The van der Waals surface area contributed by atoms with Crippen LogP contribution in [0.1, 0.15) is 49.1 Å². The molecule has 0 unspecified atom stereocenters. The molecular weight excluding hydrogens is 536 g/mol. The van der Waals surface area contributed by atoms with E-state index in [0.717, 1.165) is 11.3 Å². The van der Waals surface area contributed by atoms with E-state index < -0.39 is 17.8 Å². The van der Waals surface area contributed by atoms with Crippen LogP contribution >= 0.6 is 0 Å². The molecule has 2 N–H and O–H groups in total. The average molecular weight is 565 g/mol. The van der Waals surface area contributed by atoms with Gasteiger partial charge in [-0.2, -0.15) is 0 Å². The number of nitrogens with one attached hydrogen (secondary N) is 1. The van der Waals surface area contributed by atoms with Gasteiger partial charge < -0.3 is 19.9 Å². The van der Waals surface area contributed by atoms with Gasteiger partial charge in [0.1, 0.15) is 5.75 Å². The van der Waals surface area contributed by atoms with Crippen LogP contribution in [0.4, 0.5) is 17.1 Å². The summed E-state index contributed by atoms with van der Waals surface area (Å²) in [5.74, 6) is -1.72. The molecule has 0 radical (unpaired) electrons. The molecule has 0 aliphatic rings. The molecule has 0 spiro atoms. The summed E-state index contributed by atoms with van der Waals surface area (Å²) in [6.45, 7) is 1.40. The Kier molecular flexibility index (Phi) is 9.14. The van der Waals surface area contributed by atoms with E-state index in [1.165, 1.54) is 37.1 Å². The number of esters is 1. The predicted octanol–water partition coefficient (Wildman–Crippen LogP) is 6.29. The first-order valence-electron chi connectivity index (χ1n) is 12.8. The van der Waals surface area contributed by atoms with Gasteiger partial charge in [-0.15, -0.1) is 0 Å². The predicted molar refractivity (Wildman–Crippen MR) is 160 cm³/mol. The van der Waals surface area contributed by atoms with E-state index in [0.29, 0.717) is 22.5 Å². The van der Waals surface area contributed by atoms with E-state index in [9.17, 15) is 24.3 Å². The maximum absolute atomic E-state index is 13.0. The van der Waals surface area contributed by atoms with Crippen LogP contribution in [0.3, 0.4) is 0 Å². The van der Waals surface area contributed by atoms with E-state index in [1.54, 1.807) is 61.7 Å². The molecule has 4 aromatic rings. The Bertz CT molecular complexity index is 1640. The Morgan fingerprint density at radius 1 is 0.738 bits per heavy atom. The molecule has 0 fully saturated rings. The zero-order chi connectivity index (χ0) is 30.2. The second-order valence-corrected chi connectivity index (χ2v) is 9.11. The summed E-state index contributed by atoms with van der Waals surface area (Å²) in [6, 6.07) is 24.8. The lowest BCUT2D eigenvalue weighted by molar-refractivity contribution is -0.115. The van der Waals surface area contributed by atoms with Gasteiger partial charge in [0.2, 0.25) is 5.91 Å². The smallest absolute Gasteiger partial charge is 0.337 e. The summed E-state index contributed by atoms with van der Waals surface area (Å²) in [4.78, 5) is 50.6. The molecule has 0 saturated heterocycles. The highest BCUT2D eigenvalue weighted by molar-refractivity contribution is 6.08. The molecule has 0 heterocycles. The van der Waals surface area contributed by atoms with Gasteiger partial charge in [-0.1, -0.05) is 30.4 Å². The van der Waals surface area contributed by atoms with Crippen molar-refractivity contribution in [1.29, 1.82) is 0 Å². The van der Waals surface area contributed by atoms with Gasteiger partial charge in [-0.05, 0) is 83.9 Å². The third-order valence-corrected chi connectivity index (χ3v) is 6.36. The van der Waals surface area contributed by atoms with Crippen molar-refractivity contribution in [3.05, 3.63) is 119 Å². The van der Waals surface area contributed by atoms with Gasteiger partial charge in [-0.3, -0.25) is 14.5 Å². The van der Waals surface area contributed by atoms with E-state index in [1.807, 2.05) is 30.3 Å². The number of hydrogen-bond donors (Lipinski definition) is 2. The summed E-state index contributed by atoms with van der Waals surface area (Å²) in [6.07, 6.45) is 3.63. The lowest BCUT2D eigenvalue weighted by Gasteiger charge is -2.22. The van der Waals surface area contributed by atoms with Crippen molar-refractivity contribution in [3.8, 4) is 5.75 Å². The summed E-state index contributed by atoms with van der Waals surface area (Å²) in [5.41, 5.74) is 3.29. The number of aromatic carboxylic acids is 1. The lowest BCUT2D eigenvalue weighted by Crippen LogP contribution is -2.23. The third-order valence-electron chi connectivity index (χ3n) is 6.36. The maximum atomic E-state index is 13.0. The van der Waals surface area contributed by atoms with Crippen molar-refractivity contribution >= 4 is 53.0 Å². The molecule has 0 bridgehead atoms. The SMILES string of the molecule is COC(=O)c1ccc(N(C(C)=O)c2ccc(C(=O)Nc3ccc(C=Cc4ccc(OC)cc4)cc3C(=O)O)cc2)cc1. The number of carboxylic acids is 1. The fraction of sp³-hybridized carbons (Fsp3) is 0.0909. The minimum atomic E-state index is -1.18. The minimum Gasteiger partial charge on any atom is -0.497 e.